The molecular weight excluding hydrogens is 340 g/mol. The molecule has 3 rings (SSSR count). The highest BCUT2D eigenvalue weighted by atomic mass is 16.5. The molecule has 0 saturated heterocycles. The molecule has 1 atom stereocenters. The van der Waals surface area contributed by atoms with E-state index in [-0.39, 0.29) is 17.4 Å². The second kappa shape index (κ2) is 7.43. The first-order valence-electron chi connectivity index (χ1n) is 7.61. The summed E-state index contributed by atoms with van der Waals surface area (Å²) in [6, 6.07) is 9.56. The fourth-order valence-electron chi connectivity index (χ4n) is 2.08. The lowest BCUT2D eigenvalue weighted by atomic mass is 10.1. The molecule has 26 heavy (non-hydrogen) atoms. The molecule has 0 aliphatic carbocycles. The second-order valence-electron chi connectivity index (χ2n) is 5.33. The van der Waals surface area contributed by atoms with E-state index in [0.717, 1.165) is 0 Å². The smallest absolute Gasteiger partial charge is 0.379 e. The molecule has 0 fully saturated rings. The summed E-state index contributed by atoms with van der Waals surface area (Å²) in [7, 11) is 0. The lowest BCUT2D eigenvalue weighted by Gasteiger charge is -2.03. The first-order chi connectivity index (χ1) is 12.5. The van der Waals surface area contributed by atoms with E-state index in [1.165, 1.54) is 18.5 Å². The van der Waals surface area contributed by atoms with Gasteiger partial charge in [0.2, 0.25) is 11.7 Å². The molecule has 2 amide bonds. The highest BCUT2D eigenvalue weighted by Crippen LogP contribution is 2.14. The number of benzene rings is 1. The number of hydrogen-bond acceptors (Lipinski definition) is 7. The van der Waals surface area contributed by atoms with Crippen molar-refractivity contribution >= 4 is 29.7 Å². The summed E-state index contributed by atoms with van der Waals surface area (Å²) >= 11 is 0. The van der Waals surface area contributed by atoms with Gasteiger partial charge in [-0.25, -0.2) is 15.6 Å². The Balaban J connectivity index is 1.54. The lowest BCUT2D eigenvalue weighted by Crippen LogP contribution is -2.32. The average Bonchev–Trinajstić information content (AvgIpc) is 3.28. The van der Waals surface area contributed by atoms with Crippen molar-refractivity contribution in [2.75, 3.05) is 0 Å². The van der Waals surface area contributed by atoms with Crippen LogP contribution >= 0.6 is 0 Å². The van der Waals surface area contributed by atoms with E-state index in [1.807, 2.05) is 0 Å². The predicted octanol–water partition coefficient (Wildman–Crippen LogP) is 1.07. The largest absolute Gasteiger partial charge is 0.457 e. The van der Waals surface area contributed by atoms with Gasteiger partial charge in [0, 0.05) is 0 Å². The molecule has 0 bridgehead atoms. The van der Waals surface area contributed by atoms with Gasteiger partial charge in [-0.15, -0.1) is 0 Å². The minimum absolute atomic E-state index is 0.0762. The number of carbonyl (C=O) groups is 3. The fourth-order valence-corrected chi connectivity index (χ4v) is 2.08. The van der Waals surface area contributed by atoms with E-state index >= 15 is 0 Å². The highest BCUT2D eigenvalue weighted by Gasteiger charge is 2.30. The van der Waals surface area contributed by atoms with E-state index in [4.69, 9.17) is 9.15 Å². The first kappa shape index (κ1) is 17.1. The van der Waals surface area contributed by atoms with Gasteiger partial charge in [0.05, 0.1) is 18.4 Å². The Morgan fingerprint density at radius 2 is 2.08 bits per heavy atom. The van der Waals surface area contributed by atoms with Crippen molar-refractivity contribution in [2.45, 2.75) is 6.92 Å². The van der Waals surface area contributed by atoms with Crippen LogP contribution in [0.4, 0.5) is 0 Å². The molecule has 1 aliphatic heterocycles. The maximum Gasteiger partial charge on any atom is 0.379 e. The molecule has 0 radical (unpaired) electrons. The molecular formula is C17H14N4O5. The first-order valence-corrected chi connectivity index (χ1v) is 7.61. The fraction of sp³-hybridized carbons (Fsp3) is 0.118. The molecule has 2 heterocycles. The lowest BCUT2D eigenvalue weighted by molar-refractivity contribution is -0.122. The van der Waals surface area contributed by atoms with Crippen molar-refractivity contribution < 1.29 is 23.5 Å². The Morgan fingerprint density at radius 3 is 2.69 bits per heavy atom. The van der Waals surface area contributed by atoms with Gasteiger partial charge in [-0.2, -0.15) is 10.2 Å². The van der Waals surface area contributed by atoms with Crippen LogP contribution in [0.5, 0.6) is 5.75 Å². The quantitative estimate of drug-likeness (QED) is 0.360. The monoisotopic (exact) mass is 354 g/mol. The van der Waals surface area contributed by atoms with Crippen molar-refractivity contribution in [2.24, 2.45) is 16.1 Å². The minimum atomic E-state index is -0.617. The molecule has 0 spiro atoms. The zero-order valence-electron chi connectivity index (χ0n) is 13.6. The van der Waals surface area contributed by atoms with Crippen LogP contribution in [0.15, 0.2) is 57.3 Å². The summed E-state index contributed by atoms with van der Waals surface area (Å²) in [6.07, 6.45) is 2.79. The summed E-state index contributed by atoms with van der Waals surface area (Å²) in [4.78, 5) is 34.9. The van der Waals surface area contributed by atoms with Gasteiger partial charge in [0.25, 0.3) is 5.91 Å². The van der Waals surface area contributed by atoms with Crippen molar-refractivity contribution in [1.29, 1.82) is 0 Å². The molecule has 2 N–H and O–H groups in total. The minimum Gasteiger partial charge on any atom is -0.457 e. The molecule has 1 aromatic carbocycles. The van der Waals surface area contributed by atoms with Crippen molar-refractivity contribution in [3.8, 4) is 5.75 Å². The molecule has 1 aliphatic rings. The van der Waals surface area contributed by atoms with Crippen LogP contribution in [-0.2, 0) is 9.59 Å². The van der Waals surface area contributed by atoms with Crippen LogP contribution in [-0.4, -0.2) is 29.7 Å². The van der Waals surface area contributed by atoms with E-state index in [1.54, 1.807) is 37.3 Å². The Bertz CT molecular complexity index is 884. The van der Waals surface area contributed by atoms with Crippen LogP contribution in [0, 0.1) is 5.92 Å². The van der Waals surface area contributed by atoms with E-state index in [9.17, 15) is 14.4 Å². The van der Waals surface area contributed by atoms with E-state index in [0.29, 0.717) is 11.3 Å². The maximum atomic E-state index is 11.9. The van der Waals surface area contributed by atoms with Crippen LogP contribution < -0.4 is 15.6 Å². The Kier molecular flexibility index (Phi) is 4.88. The number of rotatable bonds is 5. The summed E-state index contributed by atoms with van der Waals surface area (Å²) in [5.74, 6) is -1.66. The van der Waals surface area contributed by atoms with Crippen LogP contribution in [0.3, 0.4) is 0 Å². The number of carbonyl (C=O) groups excluding carboxylic acids is 3. The Morgan fingerprint density at radius 1 is 1.31 bits per heavy atom. The van der Waals surface area contributed by atoms with Crippen molar-refractivity contribution in [1.82, 2.24) is 10.9 Å². The van der Waals surface area contributed by atoms with Crippen molar-refractivity contribution in [3.63, 3.8) is 0 Å². The predicted molar refractivity (Wildman–Crippen MR) is 90.6 cm³/mol. The number of esters is 1. The molecule has 132 valence electrons. The van der Waals surface area contributed by atoms with Gasteiger partial charge < -0.3 is 9.15 Å². The highest BCUT2D eigenvalue weighted by molar-refractivity contribution is 6.44. The number of nitrogens with zero attached hydrogens (tertiary/aromatic N) is 2. The maximum absolute atomic E-state index is 11.9. The number of furan rings is 1. The third-order valence-corrected chi connectivity index (χ3v) is 3.52. The molecule has 9 heteroatoms. The normalized spacial score (nSPS) is 16.3. The third kappa shape index (κ3) is 3.83. The van der Waals surface area contributed by atoms with Crippen LogP contribution in [0.25, 0.3) is 0 Å². The van der Waals surface area contributed by atoms with Gasteiger partial charge in [-0.05, 0) is 48.9 Å². The molecule has 2 aromatic rings. The number of hydrogen-bond donors (Lipinski definition) is 2. The Hall–Kier alpha value is -3.75. The number of amides is 2. The zero-order chi connectivity index (χ0) is 18.5. The SMILES string of the molecule is C[C@H]1C(=O)NN=C1C(=O)N/N=C\c1ccc(OC(=O)c2ccco2)cc1. The summed E-state index contributed by atoms with van der Waals surface area (Å²) in [5, 5.41) is 7.47. The molecule has 0 unspecified atom stereocenters. The van der Waals surface area contributed by atoms with E-state index in [2.05, 4.69) is 21.1 Å². The van der Waals surface area contributed by atoms with Gasteiger partial charge in [0.15, 0.2) is 0 Å². The Labute approximate surface area is 147 Å². The third-order valence-electron chi connectivity index (χ3n) is 3.52. The average molecular weight is 354 g/mol. The number of hydrazone groups is 2. The number of ether oxygens (including phenoxy) is 1. The molecule has 9 nitrogen and oxygen atoms in total. The van der Waals surface area contributed by atoms with Gasteiger partial charge in [-0.3, -0.25) is 9.59 Å². The standard InChI is InChI=1S/C17H14N4O5/c1-10-14(19-21-15(10)22)16(23)20-18-9-11-4-6-12(7-5-11)26-17(24)13-3-2-8-25-13/h2-10H,1H3,(H,20,23)(H,21,22)/b18-9-/t10-/m1/s1. The van der Waals surface area contributed by atoms with Gasteiger partial charge in [-0.1, -0.05) is 0 Å². The molecule has 1 aromatic heterocycles. The van der Waals surface area contributed by atoms with Crippen molar-refractivity contribution in [3.05, 3.63) is 54.0 Å². The van der Waals surface area contributed by atoms with Gasteiger partial charge in [0.1, 0.15) is 11.5 Å². The second-order valence-corrected chi connectivity index (χ2v) is 5.33. The van der Waals surface area contributed by atoms with Gasteiger partial charge >= 0.3 is 5.97 Å². The summed E-state index contributed by atoms with van der Waals surface area (Å²) in [6.45, 7) is 1.58. The van der Waals surface area contributed by atoms with Crippen LogP contribution in [0.2, 0.25) is 0 Å². The summed E-state index contributed by atoms with van der Waals surface area (Å²) in [5.41, 5.74) is 5.27. The van der Waals surface area contributed by atoms with Crippen LogP contribution in [0.1, 0.15) is 23.0 Å². The summed E-state index contributed by atoms with van der Waals surface area (Å²) < 4.78 is 10.1. The number of nitrogens with one attached hydrogen (secondary N) is 2. The topological polar surface area (TPSA) is 122 Å². The van der Waals surface area contributed by atoms with E-state index < -0.39 is 17.8 Å². The zero-order valence-corrected chi connectivity index (χ0v) is 13.6. The molecule has 0 saturated carbocycles.